The molecular formula is C15H28NO3P. The average Bonchev–Trinajstić information content (AvgIpc) is 3.12. The number of nitrogens with two attached hydrogens (primary N) is 1. The summed E-state index contributed by atoms with van der Waals surface area (Å²) >= 11 is 0. The van der Waals surface area contributed by atoms with E-state index in [0.717, 1.165) is 25.4 Å². The number of carbonyl (C=O) groups is 1. The van der Waals surface area contributed by atoms with Gasteiger partial charge in [0.25, 0.3) is 0 Å². The van der Waals surface area contributed by atoms with Crippen molar-refractivity contribution in [2.24, 2.45) is 11.7 Å². The Morgan fingerprint density at radius 3 is 2.60 bits per heavy atom. The van der Waals surface area contributed by atoms with Crippen LogP contribution >= 0.6 is 8.58 Å². The quantitative estimate of drug-likeness (QED) is 0.464. The fraction of sp³-hybridized carbons (Fsp3) is 0.933. The summed E-state index contributed by atoms with van der Waals surface area (Å²) in [5.41, 5.74) is 5.66. The normalized spacial score (nSPS) is 32.8. The number of epoxide rings is 1. The minimum Gasteiger partial charge on any atom is -0.465 e. The van der Waals surface area contributed by atoms with Crippen molar-refractivity contribution < 1.29 is 14.3 Å². The second kappa shape index (κ2) is 5.90. The highest BCUT2D eigenvalue weighted by atomic mass is 31.1. The van der Waals surface area contributed by atoms with Gasteiger partial charge in [-0.1, -0.05) is 6.92 Å². The topological polar surface area (TPSA) is 64.8 Å². The zero-order valence-corrected chi connectivity index (χ0v) is 14.1. The molecule has 0 aromatic carbocycles. The molecule has 5 unspecified atom stereocenters. The van der Waals surface area contributed by atoms with Gasteiger partial charge in [0.15, 0.2) is 0 Å². The summed E-state index contributed by atoms with van der Waals surface area (Å²) in [4.78, 5) is 12.5. The predicted octanol–water partition coefficient (Wildman–Crippen LogP) is 2.29. The molecule has 2 fully saturated rings. The Bertz CT molecular complexity index is 369. The van der Waals surface area contributed by atoms with Crippen LogP contribution in [0.2, 0.25) is 0 Å². The number of ether oxygens (including phenoxy) is 2. The van der Waals surface area contributed by atoms with E-state index in [1.807, 2.05) is 20.8 Å². The van der Waals surface area contributed by atoms with Gasteiger partial charge in [0.05, 0.1) is 24.0 Å². The molecule has 2 aliphatic rings. The standard InChI is InChI=1S/C15H28NO3P/c1-5-20-15(4,14(2,3)16)13(17)18-9-10-6-7-11-12(8-10)19-11/h10-12,20H,5-9,16H2,1-4H3. The van der Waals surface area contributed by atoms with E-state index in [4.69, 9.17) is 15.2 Å². The molecule has 0 bridgehead atoms. The average molecular weight is 301 g/mol. The summed E-state index contributed by atoms with van der Waals surface area (Å²) in [5, 5.41) is -0.588. The molecular weight excluding hydrogens is 273 g/mol. The third kappa shape index (κ3) is 3.35. The van der Waals surface area contributed by atoms with Gasteiger partial charge in [-0.3, -0.25) is 4.79 Å². The molecule has 1 aliphatic carbocycles. The van der Waals surface area contributed by atoms with Crippen molar-refractivity contribution in [3.63, 3.8) is 0 Å². The van der Waals surface area contributed by atoms with Crippen molar-refractivity contribution in [2.75, 3.05) is 12.8 Å². The molecule has 1 heterocycles. The van der Waals surface area contributed by atoms with Crippen LogP contribution in [0, 0.1) is 5.92 Å². The van der Waals surface area contributed by atoms with E-state index < -0.39 is 10.7 Å². The first-order valence-electron chi connectivity index (χ1n) is 7.64. The van der Waals surface area contributed by atoms with Gasteiger partial charge in [-0.05, 0) is 52.1 Å². The minimum atomic E-state index is -0.588. The minimum absolute atomic E-state index is 0.135. The van der Waals surface area contributed by atoms with E-state index in [0.29, 0.717) is 33.3 Å². The maximum absolute atomic E-state index is 12.5. The van der Waals surface area contributed by atoms with Gasteiger partial charge in [0, 0.05) is 5.54 Å². The predicted molar refractivity (Wildman–Crippen MR) is 82.5 cm³/mol. The summed E-state index contributed by atoms with van der Waals surface area (Å²) in [6.07, 6.45) is 5.14. The van der Waals surface area contributed by atoms with E-state index in [1.54, 1.807) is 0 Å². The lowest BCUT2D eigenvalue weighted by Crippen LogP contribution is -2.57. The molecule has 1 aliphatic heterocycles. The van der Waals surface area contributed by atoms with E-state index in [2.05, 4.69) is 6.92 Å². The van der Waals surface area contributed by atoms with Gasteiger partial charge in [-0.2, -0.15) is 0 Å². The first kappa shape index (κ1) is 16.2. The third-order valence-corrected chi connectivity index (χ3v) is 6.70. The number of fused-ring (bicyclic) bond motifs is 1. The molecule has 0 radical (unpaired) electrons. The first-order valence-corrected chi connectivity index (χ1v) is 8.85. The van der Waals surface area contributed by atoms with Gasteiger partial charge in [-0.25, -0.2) is 0 Å². The van der Waals surface area contributed by atoms with E-state index in [-0.39, 0.29) is 5.97 Å². The van der Waals surface area contributed by atoms with Gasteiger partial charge in [0.2, 0.25) is 0 Å². The van der Waals surface area contributed by atoms with Crippen LogP contribution in [0.1, 0.15) is 47.0 Å². The zero-order valence-electron chi connectivity index (χ0n) is 13.1. The van der Waals surface area contributed by atoms with Crippen LogP contribution < -0.4 is 5.73 Å². The van der Waals surface area contributed by atoms with Crippen LogP contribution in [-0.4, -0.2) is 41.6 Å². The van der Waals surface area contributed by atoms with E-state index >= 15 is 0 Å². The largest absolute Gasteiger partial charge is 0.465 e. The van der Waals surface area contributed by atoms with Crippen LogP contribution in [0.5, 0.6) is 0 Å². The Hall–Kier alpha value is -0.180. The molecule has 0 aromatic heterocycles. The third-order valence-electron chi connectivity index (χ3n) is 4.79. The SMILES string of the molecule is CCPC(C)(C(=O)OCC1CCC2OC2C1)C(C)(C)N. The lowest BCUT2D eigenvalue weighted by molar-refractivity contribution is -0.149. The van der Waals surface area contributed by atoms with Gasteiger partial charge >= 0.3 is 5.97 Å². The molecule has 5 atom stereocenters. The lowest BCUT2D eigenvalue weighted by Gasteiger charge is -2.39. The van der Waals surface area contributed by atoms with Crippen molar-refractivity contribution in [3.05, 3.63) is 0 Å². The second-order valence-corrected chi connectivity index (χ2v) is 8.93. The molecule has 116 valence electrons. The molecule has 1 saturated carbocycles. The summed E-state index contributed by atoms with van der Waals surface area (Å²) in [7, 11) is 0.489. The smallest absolute Gasteiger partial charge is 0.317 e. The van der Waals surface area contributed by atoms with Crippen LogP contribution in [0.15, 0.2) is 0 Å². The number of carbonyl (C=O) groups excluding carboxylic acids is 1. The Morgan fingerprint density at radius 1 is 1.35 bits per heavy atom. The molecule has 2 rings (SSSR count). The Kier molecular flexibility index (Phi) is 4.78. The maximum atomic E-state index is 12.5. The Balaban J connectivity index is 1.88. The highest BCUT2D eigenvalue weighted by molar-refractivity contribution is 7.41. The zero-order chi connectivity index (χ0) is 15.0. The van der Waals surface area contributed by atoms with Crippen LogP contribution in [-0.2, 0) is 14.3 Å². The molecule has 0 amide bonds. The molecule has 20 heavy (non-hydrogen) atoms. The number of esters is 1. The van der Waals surface area contributed by atoms with E-state index in [1.165, 1.54) is 0 Å². The Labute approximate surface area is 123 Å². The number of rotatable bonds is 6. The fourth-order valence-corrected chi connectivity index (χ4v) is 4.27. The van der Waals surface area contributed by atoms with Crippen LogP contribution in [0.4, 0.5) is 0 Å². The van der Waals surface area contributed by atoms with Crippen LogP contribution in [0.25, 0.3) is 0 Å². The molecule has 0 aromatic rings. The van der Waals surface area contributed by atoms with E-state index in [9.17, 15) is 4.79 Å². The van der Waals surface area contributed by atoms with Gasteiger partial charge in [-0.15, -0.1) is 8.58 Å². The number of hydrogen-bond donors (Lipinski definition) is 1. The monoisotopic (exact) mass is 301 g/mol. The maximum Gasteiger partial charge on any atom is 0.317 e. The highest BCUT2D eigenvalue weighted by Gasteiger charge is 2.47. The molecule has 1 saturated heterocycles. The van der Waals surface area contributed by atoms with Crippen LogP contribution in [0.3, 0.4) is 0 Å². The van der Waals surface area contributed by atoms with Crippen molar-refractivity contribution in [1.82, 2.24) is 0 Å². The molecule has 0 spiro atoms. The van der Waals surface area contributed by atoms with Crippen molar-refractivity contribution >= 4 is 14.6 Å². The van der Waals surface area contributed by atoms with Crippen molar-refractivity contribution in [2.45, 2.75) is 69.9 Å². The number of hydrogen-bond acceptors (Lipinski definition) is 4. The summed E-state index contributed by atoms with van der Waals surface area (Å²) < 4.78 is 11.1. The first-order chi connectivity index (χ1) is 9.28. The summed E-state index contributed by atoms with van der Waals surface area (Å²) in [5.74, 6) is 0.321. The summed E-state index contributed by atoms with van der Waals surface area (Å²) in [6.45, 7) is 8.38. The summed E-state index contributed by atoms with van der Waals surface area (Å²) in [6, 6.07) is 0. The van der Waals surface area contributed by atoms with Crippen molar-refractivity contribution in [3.8, 4) is 0 Å². The Morgan fingerprint density at radius 2 is 2.05 bits per heavy atom. The lowest BCUT2D eigenvalue weighted by atomic mass is 9.88. The van der Waals surface area contributed by atoms with Crippen molar-refractivity contribution in [1.29, 1.82) is 0 Å². The molecule has 5 heteroatoms. The fourth-order valence-electron chi connectivity index (χ4n) is 2.89. The van der Waals surface area contributed by atoms with Gasteiger partial charge in [0.1, 0.15) is 0 Å². The second-order valence-electron chi connectivity index (χ2n) is 6.87. The molecule has 2 N–H and O–H groups in total. The highest BCUT2D eigenvalue weighted by Crippen LogP contribution is 2.42. The molecule has 4 nitrogen and oxygen atoms in total. The van der Waals surface area contributed by atoms with Gasteiger partial charge < -0.3 is 15.2 Å².